The molecular formula is C25H42N2O10S5. The topological polar surface area (TPSA) is 192 Å². The van der Waals surface area contributed by atoms with Gasteiger partial charge in [-0.3, -0.25) is 9.59 Å². The summed E-state index contributed by atoms with van der Waals surface area (Å²) in [5.41, 5.74) is 0. The molecule has 12 nitrogen and oxygen atoms in total. The standard InChI is InChI=1S/C9H17NO2S2.C7H13NO2S2.C7H4O3S.C2H6O2.H2O/c1-9(2,7(12)5-6-11)14-8(13)10(3)4;1-7(2,5(9)10)12-6(11)8(3)4;1-2-3-4-5-6-7-11-10-9-8;3-1-2-4;/h11H,5-6H2,1-4H3;1-4H3,(H,9,10);8H,1H3;3-4H,1-2H2;1H2. The lowest BCUT2D eigenvalue weighted by molar-refractivity contribution is -0.431. The number of carboxylic acids is 1. The van der Waals surface area contributed by atoms with Crippen LogP contribution in [0.5, 0.6) is 0 Å². The Morgan fingerprint density at radius 3 is 1.57 bits per heavy atom. The van der Waals surface area contributed by atoms with Crippen molar-refractivity contribution < 1.29 is 50.1 Å². The fraction of sp³-hybridized carbons (Fsp3) is 0.600. The highest BCUT2D eigenvalue weighted by atomic mass is 32.2. The van der Waals surface area contributed by atoms with E-state index in [1.165, 1.54) is 23.5 Å². The van der Waals surface area contributed by atoms with E-state index < -0.39 is 15.5 Å². The van der Waals surface area contributed by atoms with Crippen molar-refractivity contribution in [2.24, 2.45) is 0 Å². The summed E-state index contributed by atoms with van der Waals surface area (Å²) in [6.07, 6.45) is 0.191. The molecule has 0 amide bonds. The number of hydrogen-bond donors (Lipinski definition) is 5. The van der Waals surface area contributed by atoms with E-state index in [4.69, 9.17) is 50.1 Å². The van der Waals surface area contributed by atoms with Gasteiger partial charge in [0.1, 0.15) is 25.4 Å². The smallest absolute Gasteiger partial charge is 0.319 e. The van der Waals surface area contributed by atoms with Gasteiger partial charge in [-0.1, -0.05) is 58.9 Å². The number of thiocarbonyl (C=S) groups is 2. The second kappa shape index (κ2) is 30.8. The highest BCUT2D eigenvalue weighted by Crippen LogP contribution is 2.28. The van der Waals surface area contributed by atoms with Crippen LogP contribution in [0.25, 0.3) is 0 Å². The number of carbonyl (C=O) groups is 2. The van der Waals surface area contributed by atoms with E-state index in [-0.39, 0.29) is 37.5 Å². The van der Waals surface area contributed by atoms with Crippen molar-refractivity contribution in [1.29, 1.82) is 0 Å². The molecule has 0 aliphatic rings. The van der Waals surface area contributed by atoms with Crippen LogP contribution in [0.4, 0.5) is 0 Å². The van der Waals surface area contributed by atoms with Crippen LogP contribution in [0.2, 0.25) is 0 Å². The van der Waals surface area contributed by atoms with Gasteiger partial charge in [-0.15, -0.1) is 4.33 Å². The first-order chi connectivity index (χ1) is 18.9. The normalized spacial score (nSPS) is 9.17. The molecule has 0 unspecified atom stereocenters. The fourth-order valence-corrected chi connectivity index (χ4v) is 4.27. The van der Waals surface area contributed by atoms with Gasteiger partial charge in [-0.05, 0) is 52.4 Å². The van der Waals surface area contributed by atoms with Crippen LogP contribution >= 0.6 is 60.0 Å². The largest absolute Gasteiger partial charge is 0.480 e. The number of nitrogens with zero attached hydrogens (tertiary/aromatic N) is 2. The summed E-state index contributed by atoms with van der Waals surface area (Å²) in [5.74, 6) is 11.5. The van der Waals surface area contributed by atoms with Gasteiger partial charge in [0.05, 0.1) is 24.6 Å². The first-order valence-electron chi connectivity index (χ1n) is 11.4. The molecule has 0 rings (SSSR count). The second-order valence-corrected chi connectivity index (χ2v) is 13.3. The molecule has 0 aliphatic carbocycles. The van der Waals surface area contributed by atoms with Crippen molar-refractivity contribution in [1.82, 2.24) is 9.80 Å². The second-order valence-electron chi connectivity index (χ2n) is 8.27. The lowest BCUT2D eigenvalue weighted by atomic mass is 10.1. The van der Waals surface area contributed by atoms with Gasteiger partial charge in [0.2, 0.25) is 0 Å². The number of aliphatic carboxylic acids is 1. The average Bonchev–Trinajstić information content (AvgIpc) is 2.88. The molecule has 7 N–H and O–H groups in total. The van der Waals surface area contributed by atoms with Crippen LogP contribution in [-0.4, -0.2) is 119 Å². The Hall–Kier alpha value is -1.63. The van der Waals surface area contributed by atoms with Crippen molar-refractivity contribution in [2.75, 3.05) is 48.0 Å². The molecule has 0 aromatic rings. The number of thioether (sulfide) groups is 2. The monoisotopic (exact) mass is 690 g/mol. The van der Waals surface area contributed by atoms with Gasteiger partial charge in [0.25, 0.3) is 0 Å². The number of aliphatic hydroxyl groups excluding tert-OH is 3. The molecule has 0 saturated carbocycles. The molecule has 242 valence electrons. The maximum absolute atomic E-state index is 11.6. The molecule has 0 atom stereocenters. The van der Waals surface area contributed by atoms with E-state index in [0.717, 1.165) is 0 Å². The number of aliphatic hydroxyl groups is 3. The molecule has 0 saturated heterocycles. The minimum absolute atomic E-state index is 0. The molecule has 0 spiro atoms. The number of carbonyl (C=O) groups excluding carboxylic acids is 1. The van der Waals surface area contributed by atoms with Crippen LogP contribution in [0, 0.1) is 34.9 Å². The molecule has 17 heteroatoms. The van der Waals surface area contributed by atoms with Crippen LogP contribution in [0.15, 0.2) is 0 Å². The van der Waals surface area contributed by atoms with E-state index in [0.29, 0.717) is 20.7 Å². The third kappa shape index (κ3) is 32.9. The number of ketones is 1. The molecule has 0 fully saturated rings. The zero-order valence-electron chi connectivity index (χ0n) is 25.1. The molecule has 0 aromatic heterocycles. The Labute approximate surface area is 272 Å². The number of hydrogen-bond acceptors (Lipinski definition) is 13. The molecule has 0 aliphatic heterocycles. The third-order valence-electron chi connectivity index (χ3n) is 3.51. The van der Waals surface area contributed by atoms with Crippen molar-refractivity contribution >= 4 is 80.4 Å². The van der Waals surface area contributed by atoms with Gasteiger partial charge >= 0.3 is 5.97 Å². The van der Waals surface area contributed by atoms with Gasteiger partial charge in [0.15, 0.2) is 5.78 Å². The van der Waals surface area contributed by atoms with Crippen molar-refractivity contribution in [2.45, 2.75) is 50.5 Å². The molecule has 0 radical (unpaired) electrons. The molecular weight excluding hydrogens is 649 g/mol. The minimum Gasteiger partial charge on any atom is -0.480 e. The first-order valence-corrected chi connectivity index (χ1v) is 14.6. The summed E-state index contributed by atoms with van der Waals surface area (Å²) in [5, 5.41) is 45.9. The van der Waals surface area contributed by atoms with Crippen LogP contribution in [0.1, 0.15) is 41.0 Å². The Morgan fingerprint density at radius 2 is 1.24 bits per heavy atom. The van der Waals surface area contributed by atoms with E-state index in [1.54, 1.807) is 44.7 Å². The van der Waals surface area contributed by atoms with Crippen LogP contribution in [0.3, 0.4) is 0 Å². The Morgan fingerprint density at radius 1 is 0.810 bits per heavy atom. The number of rotatable bonds is 9. The van der Waals surface area contributed by atoms with Gasteiger partial charge in [-0.25, -0.2) is 5.26 Å². The maximum Gasteiger partial charge on any atom is 0.319 e. The van der Waals surface area contributed by atoms with Gasteiger partial charge in [0, 0.05) is 45.8 Å². The minimum atomic E-state index is -0.850. The fourth-order valence-electron chi connectivity index (χ4n) is 1.33. The van der Waals surface area contributed by atoms with E-state index >= 15 is 0 Å². The van der Waals surface area contributed by atoms with E-state index in [2.05, 4.69) is 44.2 Å². The lowest BCUT2D eigenvalue weighted by Gasteiger charge is -2.25. The SMILES string of the molecule is CC#CC#CC#CSOOO.CN(C)C(=S)SC(C)(C)C(=O)CCO.CN(C)C(=S)SC(C)(C)C(=O)O.O.OCCO. The molecule has 0 heterocycles. The van der Waals surface area contributed by atoms with Crippen molar-refractivity contribution in [3.05, 3.63) is 0 Å². The third-order valence-corrected chi connectivity index (χ3v) is 7.56. The zero-order chi connectivity index (χ0) is 33.1. The van der Waals surface area contributed by atoms with E-state index in [1.807, 2.05) is 27.9 Å². The van der Waals surface area contributed by atoms with E-state index in [9.17, 15) is 9.59 Å². The highest BCUT2D eigenvalue weighted by Gasteiger charge is 2.30. The van der Waals surface area contributed by atoms with Crippen LogP contribution < -0.4 is 0 Å². The lowest BCUT2D eigenvalue weighted by Crippen LogP contribution is -2.32. The van der Waals surface area contributed by atoms with Crippen molar-refractivity contribution in [3.8, 4) is 34.9 Å². The van der Waals surface area contributed by atoms with Gasteiger partial charge < -0.3 is 35.7 Å². The maximum atomic E-state index is 11.6. The first kappa shape index (κ1) is 50.0. The Kier molecular flexibility index (Phi) is 36.7. The summed E-state index contributed by atoms with van der Waals surface area (Å²) in [6.45, 7) is 8.25. The zero-order valence-corrected chi connectivity index (χ0v) is 29.2. The summed E-state index contributed by atoms with van der Waals surface area (Å²) in [7, 11) is 7.30. The molecule has 0 aromatic carbocycles. The average molecular weight is 691 g/mol. The summed E-state index contributed by atoms with van der Waals surface area (Å²) in [4.78, 5) is 25.8. The Balaban J connectivity index is -0.000000152. The highest BCUT2D eigenvalue weighted by molar-refractivity contribution is 8.24. The van der Waals surface area contributed by atoms with Crippen molar-refractivity contribution in [3.63, 3.8) is 0 Å². The quantitative estimate of drug-likeness (QED) is 0.0588. The Bertz CT molecular complexity index is 971. The van der Waals surface area contributed by atoms with Crippen LogP contribution in [-0.2, 0) is 19.0 Å². The number of Topliss-reactive ketones (excluding diaryl/α,β-unsaturated/α-hetero) is 1. The molecule has 42 heavy (non-hydrogen) atoms. The van der Waals surface area contributed by atoms with Gasteiger partial charge in [-0.2, -0.15) is 0 Å². The predicted molar refractivity (Wildman–Crippen MR) is 179 cm³/mol. The summed E-state index contributed by atoms with van der Waals surface area (Å²) < 4.78 is 3.80. The molecule has 0 bridgehead atoms. The summed E-state index contributed by atoms with van der Waals surface area (Å²) >= 11 is 13.2. The summed E-state index contributed by atoms with van der Waals surface area (Å²) in [6, 6.07) is 0. The number of carboxylic acid groups (broad SMARTS) is 1. The predicted octanol–water partition coefficient (Wildman–Crippen LogP) is 1.92.